The SMILES string of the molecule is N=Nc1c(S(=O)(=O)O)c(-c2c(Br)cc(-c3cc(Br)c(-c4c(S(=O)(=O)O)c(N=N)c(O)c5ccc(N)cc45)c(Br)c3)cc2Br)c2cc(N)ccc2c1O. The predicted molar refractivity (Wildman–Crippen MR) is 210 cm³/mol. The summed E-state index contributed by atoms with van der Waals surface area (Å²) in [5, 5.41) is 28.7. The van der Waals surface area contributed by atoms with Crippen molar-refractivity contribution in [2.24, 2.45) is 10.2 Å². The zero-order chi connectivity index (χ0) is 38.2. The van der Waals surface area contributed by atoms with E-state index in [1.54, 1.807) is 24.3 Å². The van der Waals surface area contributed by atoms with Crippen LogP contribution in [0.5, 0.6) is 11.5 Å². The Bertz CT molecular complexity index is 2600. The Labute approximate surface area is 327 Å². The molecule has 0 saturated carbocycles. The summed E-state index contributed by atoms with van der Waals surface area (Å²) in [6, 6.07) is 15.1. The lowest BCUT2D eigenvalue weighted by atomic mass is 9.93. The molecule has 0 radical (unpaired) electrons. The summed E-state index contributed by atoms with van der Waals surface area (Å²) in [5.41, 5.74) is 27.6. The lowest BCUT2D eigenvalue weighted by molar-refractivity contribution is 0.472. The zero-order valence-electron chi connectivity index (χ0n) is 25.6. The van der Waals surface area contributed by atoms with Crippen molar-refractivity contribution in [2.45, 2.75) is 9.79 Å². The van der Waals surface area contributed by atoms with Crippen LogP contribution in [0.2, 0.25) is 0 Å². The number of halogens is 4. The summed E-state index contributed by atoms with van der Waals surface area (Å²) >= 11 is 14.1. The summed E-state index contributed by atoms with van der Waals surface area (Å²) in [6.07, 6.45) is 0. The number of anilines is 2. The normalized spacial score (nSPS) is 12.0. The molecule has 266 valence electrons. The number of benzene rings is 6. The molecule has 0 atom stereocenters. The minimum absolute atomic E-state index is 0.108. The van der Waals surface area contributed by atoms with Crippen molar-refractivity contribution in [3.8, 4) is 44.9 Å². The first kappa shape index (κ1) is 37.7. The summed E-state index contributed by atoms with van der Waals surface area (Å²) in [7, 11) is -10.2. The highest BCUT2D eigenvalue weighted by atomic mass is 79.9. The molecule has 0 aromatic heterocycles. The molecule has 0 unspecified atom stereocenters. The number of nitrogen functional groups attached to an aromatic ring is 2. The van der Waals surface area contributed by atoms with E-state index in [2.05, 4.69) is 73.9 Å². The Hall–Kier alpha value is -4.02. The highest BCUT2D eigenvalue weighted by molar-refractivity contribution is 9.11. The van der Waals surface area contributed by atoms with Crippen molar-refractivity contribution in [2.75, 3.05) is 11.5 Å². The molecule has 0 heterocycles. The van der Waals surface area contributed by atoms with E-state index in [-0.39, 0.29) is 55.2 Å². The van der Waals surface area contributed by atoms with Gasteiger partial charge in [-0.3, -0.25) is 9.11 Å². The number of rotatable bonds is 7. The highest BCUT2D eigenvalue weighted by Crippen LogP contribution is 2.54. The lowest BCUT2D eigenvalue weighted by Crippen LogP contribution is -2.04. The number of hydrogen-bond donors (Lipinski definition) is 8. The molecular weight excluding hydrogens is 980 g/mol. The van der Waals surface area contributed by atoms with Crippen LogP contribution in [-0.4, -0.2) is 36.2 Å². The van der Waals surface area contributed by atoms with Crippen LogP contribution in [0.1, 0.15) is 0 Å². The molecule has 6 rings (SSSR count). The first-order chi connectivity index (χ1) is 24.3. The van der Waals surface area contributed by atoms with Gasteiger partial charge in [-0.05, 0) is 82.6 Å². The fourth-order valence-corrected chi connectivity index (χ4v) is 10.9. The quantitative estimate of drug-likeness (QED) is 0.0425. The molecule has 52 heavy (non-hydrogen) atoms. The molecule has 0 aliphatic heterocycles. The van der Waals surface area contributed by atoms with Gasteiger partial charge >= 0.3 is 0 Å². The van der Waals surface area contributed by atoms with Crippen LogP contribution in [0.25, 0.3) is 54.9 Å². The van der Waals surface area contributed by atoms with Crippen LogP contribution in [0.3, 0.4) is 0 Å². The van der Waals surface area contributed by atoms with Gasteiger partial charge < -0.3 is 21.7 Å². The van der Waals surface area contributed by atoms with Crippen molar-refractivity contribution < 1.29 is 36.2 Å². The number of hydrogen-bond acceptors (Lipinski definition) is 12. The molecule has 0 aliphatic carbocycles. The second kappa shape index (κ2) is 13.4. The smallest absolute Gasteiger partial charge is 0.297 e. The summed E-state index contributed by atoms with van der Waals surface area (Å²) in [4.78, 5) is -1.64. The number of nitrogens with one attached hydrogen (secondary N) is 2. The van der Waals surface area contributed by atoms with Crippen LogP contribution >= 0.6 is 63.7 Å². The Balaban J connectivity index is 1.64. The van der Waals surface area contributed by atoms with Gasteiger partial charge in [0.05, 0.1) is 0 Å². The number of aromatic hydroxyl groups is 2. The van der Waals surface area contributed by atoms with Crippen molar-refractivity contribution in [3.05, 3.63) is 78.6 Å². The second-order valence-electron chi connectivity index (χ2n) is 11.2. The van der Waals surface area contributed by atoms with Gasteiger partial charge in [0, 0.05) is 62.3 Å². The van der Waals surface area contributed by atoms with E-state index in [4.69, 9.17) is 22.5 Å². The third-order valence-corrected chi connectivity index (χ3v) is 12.5. The molecule has 0 amide bonds. The van der Waals surface area contributed by atoms with E-state index in [1.165, 1.54) is 36.4 Å². The van der Waals surface area contributed by atoms with E-state index in [1.807, 2.05) is 0 Å². The number of phenolic OH excluding ortho intramolecular Hbond substituents is 2. The maximum absolute atomic E-state index is 12.8. The van der Waals surface area contributed by atoms with Crippen LogP contribution < -0.4 is 11.5 Å². The third kappa shape index (κ3) is 6.25. The number of nitrogens with zero attached hydrogens (tertiary/aromatic N) is 2. The van der Waals surface area contributed by atoms with Gasteiger partial charge in [0.2, 0.25) is 0 Å². The van der Waals surface area contributed by atoms with E-state index >= 15 is 0 Å². The third-order valence-electron chi connectivity index (χ3n) is 8.13. The number of fused-ring (bicyclic) bond motifs is 2. The minimum Gasteiger partial charge on any atom is -0.505 e. The molecule has 0 aliphatic rings. The average molecular weight is 1000 g/mol. The van der Waals surface area contributed by atoms with Crippen molar-refractivity contribution >= 4 is 128 Å². The van der Waals surface area contributed by atoms with Gasteiger partial charge in [0.25, 0.3) is 20.2 Å². The molecule has 10 N–H and O–H groups in total. The Kier molecular flexibility index (Phi) is 9.75. The molecule has 6 aromatic carbocycles. The molecular formula is C32H20Br4N6O8S2. The summed E-state index contributed by atoms with van der Waals surface area (Å²) in [5.74, 6) is -1.30. The Morgan fingerprint density at radius 2 is 0.827 bits per heavy atom. The van der Waals surface area contributed by atoms with Gasteiger partial charge in [-0.2, -0.15) is 27.1 Å². The molecule has 14 nitrogen and oxygen atoms in total. The molecule has 0 fully saturated rings. The standard InChI is InChI=1S/C32H20Br4N6O8S2/c33-19-5-11(6-20(34)25(19)23-17-9-13(37)1-3-15(17)29(43)27(41-39)31(23)51(45,46)47)12-7-21(35)26(22(36)8-12)24-18-10-14(38)2-4-16(18)30(44)28(42-40)32(24)52(48,49)50/h1-10,39-40,43-44H,37-38H2,(H,45,46,47)(H,48,49,50). The van der Waals surface area contributed by atoms with Crippen molar-refractivity contribution in [3.63, 3.8) is 0 Å². The van der Waals surface area contributed by atoms with Gasteiger partial charge in [-0.1, -0.05) is 63.7 Å². The first-order valence-corrected chi connectivity index (χ1v) is 20.2. The fraction of sp³-hybridized carbons (Fsp3) is 0. The van der Waals surface area contributed by atoms with Crippen LogP contribution in [0.15, 0.2) is 98.6 Å². The van der Waals surface area contributed by atoms with Gasteiger partial charge in [0.15, 0.2) is 11.5 Å². The summed E-state index contributed by atoms with van der Waals surface area (Å²) in [6.45, 7) is 0. The van der Waals surface area contributed by atoms with E-state index in [0.29, 0.717) is 29.0 Å². The molecule has 0 saturated heterocycles. The monoisotopic (exact) mass is 996 g/mol. The maximum atomic E-state index is 12.8. The average Bonchev–Trinajstić information content (AvgIpc) is 3.04. The van der Waals surface area contributed by atoms with Crippen molar-refractivity contribution in [1.29, 1.82) is 11.1 Å². The Morgan fingerprint density at radius 3 is 1.10 bits per heavy atom. The fourth-order valence-electron chi connectivity index (χ4n) is 6.07. The second-order valence-corrected chi connectivity index (χ2v) is 17.4. The van der Waals surface area contributed by atoms with E-state index < -0.39 is 52.9 Å². The molecule has 6 aromatic rings. The Morgan fingerprint density at radius 1 is 0.519 bits per heavy atom. The van der Waals surface area contributed by atoms with E-state index in [0.717, 1.165) is 0 Å². The predicted octanol–water partition coefficient (Wildman–Crippen LogP) is 10.4. The minimum atomic E-state index is -5.10. The summed E-state index contributed by atoms with van der Waals surface area (Å²) < 4.78 is 73.1. The molecule has 0 spiro atoms. The van der Waals surface area contributed by atoms with Gasteiger partial charge in [-0.25, -0.2) is 11.1 Å². The van der Waals surface area contributed by atoms with Gasteiger partial charge in [0.1, 0.15) is 21.2 Å². The number of phenols is 2. The highest BCUT2D eigenvalue weighted by Gasteiger charge is 2.32. The van der Waals surface area contributed by atoms with Crippen LogP contribution in [0, 0.1) is 11.1 Å². The zero-order valence-corrected chi connectivity index (χ0v) is 33.5. The van der Waals surface area contributed by atoms with Crippen molar-refractivity contribution in [1.82, 2.24) is 0 Å². The topological polar surface area (TPSA) is 274 Å². The first-order valence-electron chi connectivity index (χ1n) is 14.2. The molecule has 20 heteroatoms. The van der Waals surface area contributed by atoms with Crippen LogP contribution in [0.4, 0.5) is 22.7 Å². The lowest BCUT2D eigenvalue weighted by Gasteiger charge is -2.20. The molecule has 0 bridgehead atoms. The maximum Gasteiger partial charge on any atom is 0.297 e. The van der Waals surface area contributed by atoms with Gasteiger partial charge in [-0.15, -0.1) is 0 Å². The van der Waals surface area contributed by atoms with Crippen LogP contribution in [-0.2, 0) is 20.2 Å². The van der Waals surface area contributed by atoms with E-state index in [9.17, 15) is 36.2 Å². The largest absolute Gasteiger partial charge is 0.505 e. The number of nitrogens with two attached hydrogens (primary N) is 2.